The minimum Gasteiger partial charge on any atom is -0.323 e. The molecule has 0 bridgehead atoms. The van der Waals surface area contributed by atoms with Crippen LogP contribution in [0.5, 0.6) is 0 Å². The minimum absolute atomic E-state index is 0.00958. The number of carbonyl (C=O) groups excluding carboxylic acids is 2. The fourth-order valence-electron chi connectivity index (χ4n) is 2.94. The Bertz CT molecular complexity index is 325. The molecule has 0 radical (unpaired) electrons. The number of nitrogens with zero attached hydrogens (tertiary/aromatic N) is 1. The molecular weight excluding hydrogens is 296 g/mol. The predicted molar refractivity (Wildman–Crippen MR) is 73.7 cm³/mol. The maximum absolute atomic E-state index is 12.5. The van der Waals surface area contributed by atoms with Gasteiger partial charge in [-0.05, 0) is 19.3 Å². The summed E-state index contributed by atoms with van der Waals surface area (Å²) in [6.45, 7) is 0.525. The monoisotopic (exact) mass is 316 g/mol. The summed E-state index contributed by atoms with van der Waals surface area (Å²) >= 11 is 3.34. The highest BCUT2D eigenvalue weighted by atomic mass is 79.9. The van der Waals surface area contributed by atoms with Crippen LogP contribution in [-0.4, -0.2) is 34.3 Å². The SMILES string of the molecule is O=C1NC2(CCCCCCC2)C(=O)N1CCCBr. The van der Waals surface area contributed by atoms with Crippen LogP contribution < -0.4 is 5.32 Å². The molecule has 1 heterocycles. The largest absolute Gasteiger partial charge is 0.325 e. The second kappa shape index (κ2) is 6.04. The molecule has 0 aromatic carbocycles. The van der Waals surface area contributed by atoms with Crippen LogP contribution in [0.3, 0.4) is 0 Å². The number of hydrogen-bond acceptors (Lipinski definition) is 2. The van der Waals surface area contributed by atoms with Gasteiger partial charge < -0.3 is 5.32 Å². The second-order valence-corrected chi connectivity index (χ2v) is 6.07. The zero-order valence-electron chi connectivity index (χ0n) is 10.7. The fourth-order valence-corrected chi connectivity index (χ4v) is 3.20. The zero-order valence-corrected chi connectivity index (χ0v) is 12.3. The lowest BCUT2D eigenvalue weighted by atomic mass is 9.84. The maximum Gasteiger partial charge on any atom is 0.325 e. The molecule has 1 saturated heterocycles. The van der Waals surface area contributed by atoms with Crippen molar-refractivity contribution in [2.75, 3.05) is 11.9 Å². The topological polar surface area (TPSA) is 49.4 Å². The Morgan fingerprint density at radius 3 is 2.33 bits per heavy atom. The number of nitrogens with one attached hydrogen (secondary N) is 1. The van der Waals surface area contributed by atoms with E-state index in [-0.39, 0.29) is 11.9 Å². The third-order valence-corrected chi connectivity index (χ3v) is 4.53. The minimum atomic E-state index is -0.580. The molecule has 1 saturated carbocycles. The number of halogens is 1. The summed E-state index contributed by atoms with van der Waals surface area (Å²) < 4.78 is 0. The van der Waals surface area contributed by atoms with Gasteiger partial charge in [0.2, 0.25) is 0 Å². The van der Waals surface area contributed by atoms with Crippen molar-refractivity contribution in [2.45, 2.75) is 56.9 Å². The molecule has 5 heteroatoms. The van der Waals surface area contributed by atoms with Gasteiger partial charge in [0.15, 0.2) is 0 Å². The quantitative estimate of drug-likeness (QED) is 0.643. The van der Waals surface area contributed by atoms with E-state index in [0.29, 0.717) is 6.54 Å². The molecule has 0 aromatic heterocycles. The average molecular weight is 317 g/mol. The molecule has 3 amide bonds. The van der Waals surface area contributed by atoms with E-state index >= 15 is 0 Å². The van der Waals surface area contributed by atoms with Crippen molar-refractivity contribution in [2.24, 2.45) is 0 Å². The van der Waals surface area contributed by atoms with Gasteiger partial charge in [-0.15, -0.1) is 0 Å². The molecule has 18 heavy (non-hydrogen) atoms. The number of imide groups is 1. The van der Waals surface area contributed by atoms with E-state index in [4.69, 9.17) is 0 Å². The van der Waals surface area contributed by atoms with Crippen LogP contribution in [0.2, 0.25) is 0 Å². The van der Waals surface area contributed by atoms with Crippen LogP contribution in [0.1, 0.15) is 51.4 Å². The normalized spacial score (nSPS) is 23.9. The van der Waals surface area contributed by atoms with Crippen molar-refractivity contribution in [3.63, 3.8) is 0 Å². The first-order chi connectivity index (χ1) is 8.69. The highest BCUT2D eigenvalue weighted by molar-refractivity contribution is 9.09. The lowest BCUT2D eigenvalue weighted by Gasteiger charge is -2.28. The van der Waals surface area contributed by atoms with Crippen LogP contribution in [0.4, 0.5) is 4.79 Å². The van der Waals surface area contributed by atoms with Gasteiger partial charge in [-0.1, -0.05) is 48.0 Å². The number of rotatable bonds is 3. The molecule has 2 aliphatic rings. The van der Waals surface area contributed by atoms with Gasteiger partial charge in [0.1, 0.15) is 5.54 Å². The van der Waals surface area contributed by atoms with Crippen LogP contribution in [0.15, 0.2) is 0 Å². The van der Waals surface area contributed by atoms with E-state index < -0.39 is 5.54 Å². The molecular formula is C13H21BrN2O2. The summed E-state index contributed by atoms with van der Waals surface area (Å²) in [5.74, 6) is 0.00958. The molecule has 1 aliphatic heterocycles. The van der Waals surface area contributed by atoms with Crippen LogP contribution in [0.25, 0.3) is 0 Å². The van der Waals surface area contributed by atoms with Gasteiger partial charge in [0, 0.05) is 11.9 Å². The zero-order chi connectivity index (χ0) is 13.0. The third kappa shape index (κ3) is 2.71. The molecule has 0 aromatic rings. The van der Waals surface area contributed by atoms with Gasteiger partial charge in [0.05, 0.1) is 0 Å². The Morgan fingerprint density at radius 2 is 1.72 bits per heavy atom. The summed E-state index contributed by atoms with van der Waals surface area (Å²) in [5.41, 5.74) is -0.580. The van der Waals surface area contributed by atoms with Crippen molar-refractivity contribution in [1.29, 1.82) is 0 Å². The van der Waals surface area contributed by atoms with Crippen LogP contribution >= 0.6 is 15.9 Å². The molecule has 1 N–H and O–H groups in total. The summed E-state index contributed by atoms with van der Waals surface area (Å²) in [5, 5.41) is 3.78. The summed E-state index contributed by atoms with van der Waals surface area (Å²) in [6.07, 6.45) is 8.11. The van der Waals surface area contributed by atoms with Gasteiger partial charge in [-0.2, -0.15) is 0 Å². The summed E-state index contributed by atoms with van der Waals surface area (Å²) in [6, 6.07) is -0.193. The Hall–Kier alpha value is -0.580. The van der Waals surface area contributed by atoms with E-state index in [2.05, 4.69) is 21.2 Å². The summed E-state index contributed by atoms with van der Waals surface area (Å²) in [4.78, 5) is 25.8. The van der Waals surface area contributed by atoms with Crippen molar-refractivity contribution in [1.82, 2.24) is 10.2 Å². The van der Waals surface area contributed by atoms with E-state index in [1.165, 1.54) is 24.2 Å². The van der Waals surface area contributed by atoms with E-state index in [1.807, 2.05) is 0 Å². The van der Waals surface area contributed by atoms with Crippen molar-refractivity contribution in [3.8, 4) is 0 Å². The Balaban J connectivity index is 2.08. The van der Waals surface area contributed by atoms with Gasteiger partial charge in [-0.3, -0.25) is 9.69 Å². The lowest BCUT2D eigenvalue weighted by Crippen LogP contribution is -2.47. The number of alkyl halides is 1. The molecule has 1 spiro atoms. The molecule has 2 fully saturated rings. The Kier molecular flexibility index (Phi) is 4.65. The van der Waals surface area contributed by atoms with Crippen LogP contribution in [0, 0.1) is 0 Å². The molecule has 2 rings (SSSR count). The van der Waals surface area contributed by atoms with Gasteiger partial charge in [0.25, 0.3) is 5.91 Å². The van der Waals surface area contributed by atoms with Gasteiger partial charge in [-0.25, -0.2) is 4.79 Å². The van der Waals surface area contributed by atoms with Crippen molar-refractivity contribution >= 4 is 27.9 Å². The number of amides is 3. The van der Waals surface area contributed by atoms with E-state index in [9.17, 15) is 9.59 Å². The molecule has 0 unspecified atom stereocenters. The number of carbonyl (C=O) groups is 2. The third-order valence-electron chi connectivity index (χ3n) is 3.97. The number of hydrogen-bond donors (Lipinski definition) is 1. The smallest absolute Gasteiger partial charge is 0.323 e. The van der Waals surface area contributed by atoms with Crippen molar-refractivity contribution in [3.05, 3.63) is 0 Å². The maximum atomic E-state index is 12.5. The Labute approximate surface area is 117 Å². The molecule has 4 nitrogen and oxygen atoms in total. The fraction of sp³-hybridized carbons (Fsp3) is 0.846. The second-order valence-electron chi connectivity index (χ2n) is 5.28. The molecule has 0 atom stereocenters. The first kappa shape index (κ1) is 13.8. The van der Waals surface area contributed by atoms with Crippen molar-refractivity contribution < 1.29 is 9.59 Å². The molecule has 1 aliphatic carbocycles. The lowest BCUT2D eigenvalue weighted by molar-refractivity contribution is -0.132. The predicted octanol–water partition coefficient (Wildman–Crippen LogP) is 2.81. The van der Waals surface area contributed by atoms with E-state index in [0.717, 1.165) is 37.4 Å². The van der Waals surface area contributed by atoms with Crippen LogP contribution in [-0.2, 0) is 4.79 Å². The highest BCUT2D eigenvalue weighted by Gasteiger charge is 2.49. The first-order valence-corrected chi connectivity index (χ1v) is 8.02. The average Bonchev–Trinajstić information content (AvgIpc) is 2.55. The Morgan fingerprint density at radius 1 is 1.11 bits per heavy atom. The first-order valence-electron chi connectivity index (χ1n) is 6.90. The highest BCUT2D eigenvalue weighted by Crippen LogP contribution is 2.32. The standard InChI is InChI=1S/C13H21BrN2O2/c14-9-6-10-16-11(17)13(15-12(16)18)7-4-2-1-3-5-8-13/h1-10H2,(H,15,18). The van der Waals surface area contributed by atoms with E-state index in [1.54, 1.807) is 0 Å². The van der Waals surface area contributed by atoms with Gasteiger partial charge >= 0.3 is 6.03 Å². The number of urea groups is 1. The molecule has 102 valence electrons. The summed E-state index contributed by atoms with van der Waals surface area (Å²) in [7, 11) is 0.